The Labute approximate surface area is 76.0 Å². The maximum absolute atomic E-state index is 13.2. The Morgan fingerprint density at radius 3 is 2.46 bits per heavy atom. The largest absolute Gasteiger partial charge is 0.395 e. The van der Waals surface area contributed by atoms with E-state index in [4.69, 9.17) is 5.11 Å². The maximum atomic E-state index is 13.2. The molecule has 0 fully saturated rings. The van der Waals surface area contributed by atoms with E-state index >= 15 is 0 Å². The van der Waals surface area contributed by atoms with Gasteiger partial charge in [-0.25, -0.2) is 8.78 Å². The summed E-state index contributed by atoms with van der Waals surface area (Å²) in [4.78, 5) is 0. The Balaban J connectivity index is 3.22. The van der Waals surface area contributed by atoms with Gasteiger partial charge in [0.2, 0.25) is 0 Å². The van der Waals surface area contributed by atoms with Crippen molar-refractivity contribution in [3.8, 4) is 0 Å². The molecular weight excluding hydrogens is 174 g/mol. The quantitative estimate of drug-likeness (QED) is 0.751. The monoisotopic (exact) mass is 186 g/mol. The van der Waals surface area contributed by atoms with E-state index in [1.807, 2.05) is 0 Å². The summed E-state index contributed by atoms with van der Waals surface area (Å²) in [5, 5.41) is 8.97. The first kappa shape index (κ1) is 10.1. The van der Waals surface area contributed by atoms with E-state index < -0.39 is 17.0 Å². The summed E-state index contributed by atoms with van der Waals surface area (Å²) in [5.74, 6) is -1.75. The highest BCUT2D eigenvalue weighted by molar-refractivity contribution is 5.26. The molecule has 0 amide bonds. The van der Waals surface area contributed by atoms with Crippen LogP contribution in [-0.2, 0) is 5.41 Å². The summed E-state index contributed by atoms with van der Waals surface area (Å²) in [6.07, 6.45) is 0. The second-order valence-electron chi connectivity index (χ2n) is 3.64. The van der Waals surface area contributed by atoms with Crippen molar-refractivity contribution >= 4 is 0 Å². The number of aliphatic hydroxyl groups excluding tert-OH is 1. The van der Waals surface area contributed by atoms with Crippen LogP contribution >= 0.6 is 0 Å². The van der Waals surface area contributed by atoms with E-state index in [1.54, 1.807) is 13.8 Å². The molecule has 0 aliphatic carbocycles. The summed E-state index contributed by atoms with van der Waals surface area (Å²) in [5.41, 5.74) is -0.540. The first-order valence-corrected chi connectivity index (χ1v) is 4.04. The lowest BCUT2D eigenvalue weighted by Gasteiger charge is -2.22. The van der Waals surface area contributed by atoms with Crippen molar-refractivity contribution in [2.24, 2.45) is 0 Å². The standard InChI is InChI=1S/C10H12F2O/c1-10(2,6-13)7-4-3-5-8(11)9(7)12/h3-5,13H,6H2,1-2H3. The number of aliphatic hydroxyl groups is 1. The fraction of sp³-hybridized carbons (Fsp3) is 0.400. The van der Waals surface area contributed by atoms with Gasteiger partial charge in [-0.05, 0) is 11.6 Å². The van der Waals surface area contributed by atoms with E-state index in [-0.39, 0.29) is 12.2 Å². The molecule has 0 aromatic heterocycles. The van der Waals surface area contributed by atoms with Crippen LogP contribution in [0, 0.1) is 11.6 Å². The third-order valence-corrected chi connectivity index (χ3v) is 2.08. The highest BCUT2D eigenvalue weighted by atomic mass is 19.2. The predicted octanol–water partition coefficient (Wildman–Crippen LogP) is 2.23. The van der Waals surface area contributed by atoms with E-state index in [1.165, 1.54) is 12.1 Å². The van der Waals surface area contributed by atoms with Crippen LogP contribution in [0.5, 0.6) is 0 Å². The topological polar surface area (TPSA) is 20.2 Å². The van der Waals surface area contributed by atoms with Crippen molar-refractivity contribution in [1.29, 1.82) is 0 Å². The number of hydrogen-bond acceptors (Lipinski definition) is 1. The van der Waals surface area contributed by atoms with Gasteiger partial charge in [0.15, 0.2) is 11.6 Å². The molecule has 0 bridgehead atoms. The molecule has 0 atom stereocenters. The minimum absolute atomic E-state index is 0.204. The van der Waals surface area contributed by atoms with Gasteiger partial charge in [0.25, 0.3) is 0 Å². The van der Waals surface area contributed by atoms with Crippen LogP contribution in [0.1, 0.15) is 19.4 Å². The Morgan fingerprint density at radius 1 is 1.31 bits per heavy atom. The first-order chi connectivity index (χ1) is 5.99. The predicted molar refractivity (Wildman–Crippen MR) is 46.5 cm³/mol. The van der Waals surface area contributed by atoms with Gasteiger partial charge < -0.3 is 5.11 Å². The Kier molecular flexibility index (Phi) is 2.66. The smallest absolute Gasteiger partial charge is 0.162 e. The molecule has 3 heteroatoms. The third kappa shape index (κ3) is 1.86. The van der Waals surface area contributed by atoms with Crippen LogP contribution in [-0.4, -0.2) is 11.7 Å². The number of hydrogen-bond donors (Lipinski definition) is 1. The molecule has 72 valence electrons. The normalized spacial score (nSPS) is 11.8. The van der Waals surface area contributed by atoms with E-state index in [0.29, 0.717) is 0 Å². The van der Waals surface area contributed by atoms with Gasteiger partial charge in [-0.15, -0.1) is 0 Å². The van der Waals surface area contributed by atoms with Crippen molar-refractivity contribution in [3.05, 3.63) is 35.4 Å². The van der Waals surface area contributed by atoms with E-state index in [9.17, 15) is 8.78 Å². The van der Waals surface area contributed by atoms with Crippen molar-refractivity contribution in [3.63, 3.8) is 0 Å². The maximum Gasteiger partial charge on any atom is 0.162 e. The summed E-state index contributed by atoms with van der Waals surface area (Å²) < 4.78 is 26.0. The fourth-order valence-corrected chi connectivity index (χ4v) is 1.11. The molecule has 0 heterocycles. The second-order valence-corrected chi connectivity index (χ2v) is 3.64. The van der Waals surface area contributed by atoms with Gasteiger partial charge in [-0.3, -0.25) is 0 Å². The molecule has 0 aliphatic heterocycles. The van der Waals surface area contributed by atoms with Gasteiger partial charge in [0, 0.05) is 5.41 Å². The van der Waals surface area contributed by atoms with Gasteiger partial charge in [0.05, 0.1) is 6.61 Å². The lowest BCUT2D eigenvalue weighted by atomic mass is 9.85. The zero-order valence-corrected chi connectivity index (χ0v) is 7.64. The molecule has 0 radical (unpaired) electrons. The van der Waals surface area contributed by atoms with Gasteiger partial charge in [-0.1, -0.05) is 26.0 Å². The molecule has 0 saturated carbocycles. The highest BCUT2D eigenvalue weighted by Gasteiger charge is 2.24. The van der Waals surface area contributed by atoms with Crippen LogP contribution in [0.25, 0.3) is 0 Å². The van der Waals surface area contributed by atoms with Gasteiger partial charge in [0.1, 0.15) is 0 Å². The van der Waals surface area contributed by atoms with Crippen molar-refractivity contribution in [2.45, 2.75) is 19.3 Å². The first-order valence-electron chi connectivity index (χ1n) is 4.04. The summed E-state index contributed by atoms with van der Waals surface area (Å²) in [7, 11) is 0. The van der Waals surface area contributed by atoms with Crippen LogP contribution in [0.2, 0.25) is 0 Å². The number of rotatable bonds is 2. The van der Waals surface area contributed by atoms with Crippen LogP contribution in [0.15, 0.2) is 18.2 Å². The molecule has 0 unspecified atom stereocenters. The van der Waals surface area contributed by atoms with Crippen LogP contribution in [0.3, 0.4) is 0 Å². The third-order valence-electron chi connectivity index (χ3n) is 2.08. The highest BCUT2D eigenvalue weighted by Crippen LogP contribution is 2.26. The molecule has 1 aromatic rings. The minimum atomic E-state index is -0.876. The molecule has 1 N–H and O–H groups in total. The Hall–Kier alpha value is -0.960. The van der Waals surface area contributed by atoms with Crippen LogP contribution < -0.4 is 0 Å². The Morgan fingerprint density at radius 2 is 1.92 bits per heavy atom. The molecule has 1 aromatic carbocycles. The Bertz CT molecular complexity index is 308. The van der Waals surface area contributed by atoms with Crippen molar-refractivity contribution < 1.29 is 13.9 Å². The summed E-state index contributed by atoms with van der Waals surface area (Å²) >= 11 is 0. The molecular formula is C10H12F2O. The minimum Gasteiger partial charge on any atom is -0.395 e. The van der Waals surface area contributed by atoms with Crippen molar-refractivity contribution in [2.75, 3.05) is 6.61 Å². The molecule has 13 heavy (non-hydrogen) atoms. The SMILES string of the molecule is CC(C)(CO)c1cccc(F)c1F. The lowest BCUT2D eigenvalue weighted by Crippen LogP contribution is -2.24. The second kappa shape index (κ2) is 3.42. The summed E-state index contributed by atoms with van der Waals surface area (Å²) in [6, 6.07) is 3.98. The zero-order valence-electron chi connectivity index (χ0n) is 7.64. The average Bonchev–Trinajstić information content (AvgIpc) is 2.09. The molecule has 0 spiro atoms. The van der Waals surface area contributed by atoms with Gasteiger partial charge >= 0.3 is 0 Å². The van der Waals surface area contributed by atoms with Crippen molar-refractivity contribution in [1.82, 2.24) is 0 Å². The molecule has 0 aliphatic rings. The van der Waals surface area contributed by atoms with Gasteiger partial charge in [-0.2, -0.15) is 0 Å². The summed E-state index contributed by atoms with van der Waals surface area (Å²) in [6.45, 7) is 3.10. The van der Waals surface area contributed by atoms with E-state index in [0.717, 1.165) is 6.07 Å². The lowest BCUT2D eigenvalue weighted by molar-refractivity contribution is 0.214. The molecule has 1 nitrogen and oxygen atoms in total. The molecule has 1 rings (SSSR count). The number of halogens is 2. The molecule has 0 saturated heterocycles. The zero-order chi connectivity index (χ0) is 10.1. The fourth-order valence-electron chi connectivity index (χ4n) is 1.11. The van der Waals surface area contributed by atoms with Crippen LogP contribution in [0.4, 0.5) is 8.78 Å². The average molecular weight is 186 g/mol. The number of benzene rings is 1. The van der Waals surface area contributed by atoms with E-state index in [2.05, 4.69) is 0 Å².